The van der Waals surface area contributed by atoms with E-state index in [1.165, 1.54) is 0 Å². The van der Waals surface area contributed by atoms with Gasteiger partial charge < -0.3 is 0 Å². The number of aromatic nitrogens is 4. The van der Waals surface area contributed by atoms with Gasteiger partial charge in [0.25, 0.3) is 0 Å². The van der Waals surface area contributed by atoms with Crippen LogP contribution in [0.5, 0.6) is 0 Å². The number of hydrogen-bond acceptors (Lipinski definition) is 5. The highest BCUT2D eigenvalue weighted by Crippen LogP contribution is 2.36. The molecule has 150 valence electrons. The molecule has 30 heavy (non-hydrogen) atoms. The first kappa shape index (κ1) is 20.3. The van der Waals surface area contributed by atoms with E-state index < -0.39 is 11.7 Å². The fraction of sp³-hybridized carbons (Fsp3) is 0.0476. The second-order valence-electron chi connectivity index (χ2n) is 6.13. The lowest BCUT2D eigenvalue weighted by atomic mass is 10.0. The van der Waals surface area contributed by atoms with Crippen LogP contribution >= 0.6 is 23.4 Å². The number of halogens is 4. The fourth-order valence-corrected chi connectivity index (χ4v) is 3.62. The van der Waals surface area contributed by atoms with Crippen molar-refractivity contribution >= 4 is 23.4 Å². The van der Waals surface area contributed by atoms with Crippen molar-refractivity contribution in [2.75, 3.05) is 0 Å². The maximum atomic E-state index is 12.8. The number of hydrogen-bond donors (Lipinski definition) is 0. The van der Waals surface area contributed by atoms with Gasteiger partial charge in [-0.3, -0.25) is 0 Å². The van der Waals surface area contributed by atoms with Crippen LogP contribution in [-0.2, 0) is 6.18 Å². The number of nitrogens with zero attached hydrogens (tertiary/aromatic N) is 4. The van der Waals surface area contributed by atoms with E-state index in [0.29, 0.717) is 11.4 Å². The lowest BCUT2D eigenvalue weighted by Gasteiger charge is -2.10. The van der Waals surface area contributed by atoms with E-state index in [-0.39, 0.29) is 15.2 Å². The minimum absolute atomic E-state index is 0.133. The summed E-state index contributed by atoms with van der Waals surface area (Å²) < 4.78 is 38.5. The van der Waals surface area contributed by atoms with Gasteiger partial charge in [0.2, 0.25) is 5.16 Å². The molecule has 0 unspecified atom stereocenters. The van der Waals surface area contributed by atoms with Gasteiger partial charge in [0, 0.05) is 17.3 Å². The van der Waals surface area contributed by atoms with Gasteiger partial charge in [-0.05, 0) is 17.8 Å². The van der Waals surface area contributed by atoms with Crippen LogP contribution in [0.25, 0.3) is 22.5 Å². The first-order valence-electron chi connectivity index (χ1n) is 8.68. The monoisotopic (exact) mass is 444 g/mol. The molecule has 4 nitrogen and oxygen atoms in total. The molecule has 0 aliphatic carbocycles. The van der Waals surface area contributed by atoms with Crippen LogP contribution in [0.4, 0.5) is 13.2 Å². The van der Waals surface area contributed by atoms with Crippen LogP contribution in [0.3, 0.4) is 0 Å². The maximum Gasteiger partial charge on any atom is 0.417 e. The molecule has 2 heterocycles. The molecule has 9 heteroatoms. The fourth-order valence-electron chi connectivity index (χ4n) is 2.68. The molecule has 0 spiro atoms. The Labute approximate surface area is 179 Å². The predicted molar refractivity (Wildman–Crippen MR) is 109 cm³/mol. The lowest BCUT2D eigenvalue weighted by Crippen LogP contribution is -2.06. The molecule has 4 aromatic rings. The van der Waals surface area contributed by atoms with Gasteiger partial charge in [-0.1, -0.05) is 72.3 Å². The van der Waals surface area contributed by atoms with Crippen molar-refractivity contribution < 1.29 is 13.2 Å². The van der Waals surface area contributed by atoms with Crippen molar-refractivity contribution in [3.05, 3.63) is 83.5 Å². The van der Waals surface area contributed by atoms with Gasteiger partial charge in [-0.25, -0.2) is 9.97 Å². The molecule has 0 amide bonds. The van der Waals surface area contributed by atoms with Crippen LogP contribution in [0.1, 0.15) is 5.56 Å². The summed E-state index contributed by atoms with van der Waals surface area (Å²) in [6.45, 7) is 0. The molecule has 0 bridgehead atoms. The second-order valence-corrected chi connectivity index (χ2v) is 7.50. The van der Waals surface area contributed by atoms with Gasteiger partial charge in [0.15, 0.2) is 0 Å². The molecule has 2 aromatic carbocycles. The minimum Gasteiger partial charge on any atom is -0.247 e. The zero-order chi connectivity index (χ0) is 21.1. The van der Waals surface area contributed by atoms with Crippen molar-refractivity contribution in [1.29, 1.82) is 0 Å². The van der Waals surface area contributed by atoms with E-state index in [1.807, 2.05) is 60.7 Å². The Kier molecular flexibility index (Phi) is 5.69. The number of alkyl halides is 3. The van der Waals surface area contributed by atoms with Crippen molar-refractivity contribution in [3.63, 3.8) is 0 Å². The topological polar surface area (TPSA) is 51.6 Å². The molecule has 0 fully saturated rings. The van der Waals surface area contributed by atoms with Gasteiger partial charge in [0.05, 0.1) is 10.6 Å². The van der Waals surface area contributed by atoms with E-state index in [9.17, 15) is 13.2 Å². The van der Waals surface area contributed by atoms with Crippen LogP contribution in [0.15, 0.2) is 83.1 Å². The SMILES string of the molecule is FC(F)(F)c1cnc(Sc2nnc(-c3ccccc3)c(-c3ccccc3)n2)c(Cl)c1. The van der Waals surface area contributed by atoms with Crippen molar-refractivity contribution in [3.8, 4) is 22.5 Å². The molecule has 4 rings (SSSR count). The Morgan fingerprint density at radius 3 is 1.97 bits per heavy atom. The van der Waals surface area contributed by atoms with Crippen molar-refractivity contribution in [2.45, 2.75) is 16.4 Å². The number of pyridine rings is 1. The Bertz CT molecular complexity index is 1170. The Hall–Kier alpha value is -2.97. The average Bonchev–Trinajstić information content (AvgIpc) is 2.75. The summed E-state index contributed by atoms with van der Waals surface area (Å²) in [5.41, 5.74) is 1.96. The van der Waals surface area contributed by atoms with Gasteiger partial charge in [-0.2, -0.15) is 13.2 Å². The van der Waals surface area contributed by atoms with E-state index in [4.69, 9.17) is 11.6 Å². The first-order valence-corrected chi connectivity index (χ1v) is 9.87. The molecule has 0 radical (unpaired) electrons. The molecule has 0 saturated carbocycles. The first-order chi connectivity index (χ1) is 14.4. The second kappa shape index (κ2) is 8.41. The van der Waals surface area contributed by atoms with Gasteiger partial charge in [0.1, 0.15) is 16.4 Å². The summed E-state index contributed by atoms with van der Waals surface area (Å²) in [6.07, 6.45) is -3.78. The lowest BCUT2D eigenvalue weighted by molar-refractivity contribution is -0.137. The van der Waals surface area contributed by atoms with Gasteiger partial charge >= 0.3 is 6.18 Å². The summed E-state index contributed by atoms with van der Waals surface area (Å²) in [5, 5.41) is 8.71. The van der Waals surface area contributed by atoms with Crippen molar-refractivity contribution in [1.82, 2.24) is 20.2 Å². The zero-order valence-corrected chi connectivity index (χ0v) is 16.7. The molecular formula is C21H12ClF3N4S. The molecule has 0 atom stereocenters. The third-order valence-corrected chi connectivity index (χ3v) is 5.36. The largest absolute Gasteiger partial charge is 0.417 e. The molecule has 0 aliphatic rings. The van der Waals surface area contributed by atoms with Crippen LogP contribution in [0.2, 0.25) is 5.02 Å². The average molecular weight is 445 g/mol. The summed E-state index contributed by atoms with van der Waals surface area (Å²) in [6, 6.07) is 19.8. The molecular weight excluding hydrogens is 433 g/mol. The highest BCUT2D eigenvalue weighted by atomic mass is 35.5. The highest BCUT2D eigenvalue weighted by Gasteiger charge is 2.31. The van der Waals surface area contributed by atoms with Crippen LogP contribution in [-0.4, -0.2) is 20.2 Å². The zero-order valence-electron chi connectivity index (χ0n) is 15.1. The quantitative estimate of drug-likeness (QED) is 0.363. The third-order valence-electron chi connectivity index (χ3n) is 4.08. The standard InChI is InChI=1S/C21H12ClF3N4S/c22-16-11-15(21(23,24)25)12-26-19(16)30-20-27-17(13-7-3-1-4-8-13)18(28-29-20)14-9-5-2-6-10-14/h1-12H. The molecule has 2 aromatic heterocycles. The Balaban J connectivity index is 1.74. The van der Waals surface area contributed by atoms with Crippen LogP contribution < -0.4 is 0 Å². The Morgan fingerprint density at radius 2 is 1.40 bits per heavy atom. The van der Waals surface area contributed by atoms with Crippen molar-refractivity contribution in [2.24, 2.45) is 0 Å². The Morgan fingerprint density at radius 1 is 0.800 bits per heavy atom. The molecule has 0 saturated heterocycles. The summed E-state index contributed by atoms with van der Waals surface area (Å²) in [5.74, 6) is 0. The smallest absolute Gasteiger partial charge is 0.247 e. The van der Waals surface area contributed by atoms with E-state index in [0.717, 1.165) is 35.2 Å². The summed E-state index contributed by atoms with van der Waals surface area (Å²) >= 11 is 6.96. The predicted octanol–water partition coefficient (Wildman–Crippen LogP) is 6.42. The van der Waals surface area contributed by atoms with E-state index in [2.05, 4.69) is 20.2 Å². The van der Waals surface area contributed by atoms with Gasteiger partial charge in [-0.15, -0.1) is 10.2 Å². The molecule has 0 aliphatic heterocycles. The summed E-state index contributed by atoms with van der Waals surface area (Å²) in [4.78, 5) is 8.42. The van der Waals surface area contributed by atoms with E-state index in [1.54, 1.807) is 0 Å². The number of rotatable bonds is 4. The van der Waals surface area contributed by atoms with Crippen LogP contribution in [0, 0.1) is 0 Å². The normalized spacial score (nSPS) is 11.5. The minimum atomic E-state index is -4.52. The summed E-state index contributed by atoms with van der Waals surface area (Å²) in [7, 11) is 0. The molecule has 0 N–H and O–H groups in total. The number of benzene rings is 2. The maximum absolute atomic E-state index is 12.8. The highest BCUT2D eigenvalue weighted by molar-refractivity contribution is 7.99. The van der Waals surface area contributed by atoms with E-state index >= 15 is 0 Å². The third kappa shape index (κ3) is 4.44.